The molecule has 3 heterocycles. The highest BCUT2D eigenvalue weighted by Crippen LogP contribution is 2.35. The summed E-state index contributed by atoms with van der Waals surface area (Å²) in [6.45, 7) is 5.39. The summed E-state index contributed by atoms with van der Waals surface area (Å²) in [5, 5.41) is 5.00. The Kier molecular flexibility index (Phi) is 4.64. The van der Waals surface area contributed by atoms with Crippen molar-refractivity contribution in [1.82, 2.24) is 19.7 Å². The van der Waals surface area contributed by atoms with Crippen LogP contribution in [0.3, 0.4) is 0 Å². The summed E-state index contributed by atoms with van der Waals surface area (Å²) in [6.07, 6.45) is 3.25. The van der Waals surface area contributed by atoms with E-state index in [9.17, 15) is 4.79 Å². The van der Waals surface area contributed by atoms with Crippen LogP contribution in [0.5, 0.6) is 5.88 Å². The van der Waals surface area contributed by atoms with Gasteiger partial charge in [-0.3, -0.25) is 9.48 Å². The standard InChI is InChI=1S/C19H19ClN6O2/c1-3-25-9-14(11(2)24-25)13-5-4-12(8-15(13)20)26-6-7-28-18-16(19(26)27)17(21)22-10-23-18/h4-5,8-10H,3,6-7H2,1-2H3,(H2,21,22,23). The second kappa shape index (κ2) is 7.12. The molecule has 0 spiro atoms. The van der Waals surface area contributed by atoms with Crippen LogP contribution in [-0.2, 0) is 6.54 Å². The van der Waals surface area contributed by atoms with Crippen LogP contribution < -0.4 is 15.4 Å². The number of halogens is 1. The van der Waals surface area contributed by atoms with E-state index in [1.54, 1.807) is 11.0 Å². The van der Waals surface area contributed by atoms with Gasteiger partial charge >= 0.3 is 0 Å². The number of hydrogen-bond donors (Lipinski definition) is 1. The summed E-state index contributed by atoms with van der Waals surface area (Å²) >= 11 is 6.57. The molecular weight excluding hydrogens is 380 g/mol. The molecule has 2 aromatic heterocycles. The highest BCUT2D eigenvalue weighted by molar-refractivity contribution is 6.33. The Labute approximate surface area is 166 Å². The van der Waals surface area contributed by atoms with Crippen molar-refractivity contribution in [2.24, 2.45) is 0 Å². The van der Waals surface area contributed by atoms with E-state index in [2.05, 4.69) is 15.1 Å². The number of rotatable bonds is 3. The molecule has 0 bridgehead atoms. The van der Waals surface area contributed by atoms with Gasteiger partial charge in [0.25, 0.3) is 5.91 Å². The average molecular weight is 399 g/mol. The van der Waals surface area contributed by atoms with Crippen LogP contribution in [0.2, 0.25) is 5.02 Å². The third kappa shape index (κ3) is 3.05. The van der Waals surface area contributed by atoms with E-state index >= 15 is 0 Å². The van der Waals surface area contributed by atoms with Gasteiger partial charge in [-0.25, -0.2) is 9.97 Å². The van der Waals surface area contributed by atoms with Crippen molar-refractivity contribution in [3.8, 4) is 17.0 Å². The number of aromatic nitrogens is 4. The Morgan fingerprint density at radius 1 is 1.29 bits per heavy atom. The Morgan fingerprint density at radius 2 is 2.11 bits per heavy atom. The van der Waals surface area contributed by atoms with Gasteiger partial charge in [0.15, 0.2) is 0 Å². The van der Waals surface area contributed by atoms with Crippen molar-refractivity contribution in [1.29, 1.82) is 0 Å². The minimum atomic E-state index is -0.315. The van der Waals surface area contributed by atoms with Crippen molar-refractivity contribution >= 4 is 29.0 Å². The molecule has 2 N–H and O–H groups in total. The first-order chi connectivity index (χ1) is 13.5. The number of nitrogen functional groups attached to an aromatic ring is 1. The number of amides is 1. The third-order valence-electron chi connectivity index (χ3n) is 4.68. The summed E-state index contributed by atoms with van der Waals surface area (Å²) in [5.41, 5.74) is 9.44. The number of hydrogen-bond acceptors (Lipinski definition) is 6. The van der Waals surface area contributed by atoms with Crippen molar-refractivity contribution < 1.29 is 9.53 Å². The summed E-state index contributed by atoms with van der Waals surface area (Å²) in [4.78, 5) is 22.5. The molecule has 0 radical (unpaired) electrons. The lowest BCUT2D eigenvalue weighted by molar-refractivity contribution is 0.0990. The molecule has 3 aromatic rings. The number of fused-ring (bicyclic) bond motifs is 1. The Balaban J connectivity index is 1.72. The molecule has 1 aliphatic heterocycles. The highest BCUT2D eigenvalue weighted by atomic mass is 35.5. The quantitative estimate of drug-likeness (QED) is 0.728. The topological polar surface area (TPSA) is 99.2 Å². The lowest BCUT2D eigenvalue weighted by Crippen LogP contribution is -2.32. The predicted molar refractivity (Wildman–Crippen MR) is 107 cm³/mol. The molecule has 9 heteroatoms. The fourth-order valence-corrected chi connectivity index (χ4v) is 3.52. The maximum Gasteiger partial charge on any atom is 0.267 e. The molecule has 28 heavy (non-hydrogen) atoms. The number of nitrogens with zero attached hydrogens (tertiary/aromatic N) is 5. The van der Waals surface area contributed by atoms with E-state index in [1.807, 2.05) is 36.9 Å². The fraction of sp³-hybridized carbons (Fsp3) is 0.263. The van der Waals surface area contributed by atoms with Crippen LogP contribution in [0.1, 0.15) is 23.0 Å². The maximum atomic E-state index is 13.1. The number of carbonyl (C=O) groups excluding carboxylic acids is 1. The lowest BCUT2D eigenvalue weighted by Gasteiger charge is -2.21. The Morgan fingerprint density at radius 3 is 2.82 bits per heavy atom. The number of aryl methyl sites for hydroxylation is 2. The molecule has 0 saturated carbocycles. The van der Waals surface area contributed by atoms with Gasteiger partial charge in [0.2, 0.25) is 5.88 Å². The number of nitrogens with two attached hydrogens (primary N) is 1. The van der Waals surface area contributed by atoms with Gasteiger partial charge in [0, 0.05) is 29.6 Å². The number of benzene rings is 1. The van der Waals surface area contributed by atoms with Crippen molar-refractivity contribution in [3.63, 3.8) is 0 Å². The molecule has 1 aromatic carbocycles. The highest BCUT2D eigenvalue weighted by Gasteiger charge is 2.29. The summed E-state index contributed by atoms with van der Waals surface area (Å²) < 4.78 is 7.43. The van der Waals surface area contributed by atoms with E-state index in [1.165, 1.54) is 6.33 Å². The zero-order valence-electron chi connectivity index (χ0n) is 15.5. The summed E-state index contributed by atoms with van der Waals surface area (Å²) in [7, 11) is 0. The second-order valence-electron chi connectivity index (χ2n) is 6.39. The second-order valence-corrected chi connectivity index (χ2v) is 6.80. The molecule has 0 atom stereocenters. The average Bonchev–Trinajstić information content (AvgIpc) is 2.96. The number of ether oxygens (including phenoxy) is 1. The van der Waals surface area contributed by atoms with E-state index < -0.39 is 0 Å². The van der Waals surface area contributed by atoms with Gasteiger partial charge in [0.1, 0.15) is 24.3 Å². The molecule has 144 valence electrons. The molecule has 4 rings (SSSR count). The zero-order chi connectivity index (χ0) is 19.8. The van der Waals surface area contributed by atoms with Crippen LogP contribution >= 0.6 is 11.6 Å². The first-order valence-electron chi connectivity index (χ1n) is 8.88. The van der Waals surface area contributed by atoms with Gasteiger partial charge in [0.05, 0.1) is 17.3 Å². The van der Waals surface area contributed by atoms with E-state index in [4.69, 9.17) is 22.1 Å². The van der Waals surface area contributed by atoms with Crippen molar-refractivity contribution in [2.75, 3.05) is 23.8 Å². The van der Waals surface area contributed by atoms with Gasteiger partial charge in [-0.05, 0) is 26.0 Å². The van der Waals surface area contributed by atoms with Crippen molar-refractivity contribution in [3.05, 3.63) is 47.0 Å². The molecule has 1 aliphatic rings. The van der Waals surface area contributed by atoms with E-state index in [0.29, 0.717) is 17.3 Å². The Bertz CT molecular complexity index is 1060. The van der Waals surface area contributed by atoms with Crippen LogP contribution in [0, 0.1) is 6.92 Å². The van der Waals surface area contributed by atoms with Gasteiger partial charge in [-0.2, -0.15) is 5.10 Å². The maximum absolute atomic E-state index is 13.1. The smallest absolute Gasteiger partial charge is 0.267 e. The molecule has 1 amide bonds. The van der Waals surface area contributed by atoms with Crippen LogP contribution in [0.25, 0.3) is 11.1 Å². The minimum absolute atomic E-state index is 0.0900. The molecule has 0 aliphatic carbocycles. The first kappa shape index (κ1) is 18.2. The number of anilines is 2. The summed E-state index contributed by atoms with van der Waals surface area (Å²) in [5.74, 6) is -0.0260. The van der Waals surface area contributed by atoms with E-state index in [-0.39, 0.29) is 29.8 Å². The fourth-order valence-electron chi connectivity index (χ4n) is 3.24. The van der Waals surface area contributed by atoms with E-state index in [0.717, 1.165) is 23.4 Å². The molecule has 0 saturated heterocycles. The van der Waals surface area contributed by atoms with Crippen LogP contribution in [0.4, 0.5) is 11.5 Å². The predicted octanol–water partition coefficient (Wildman–Crippen LogP) is 2.94. The molecule has 0 unspecified atom stereocenters. The third-order valence-corrected chi connectivity index (χ3v) is 4.99. The Hall–Kier alpha value is -3.13. The SMILES string of the molecule is CCn1cc(-c2ccc(N3CCOc4ncnc(N)c4C3=O)cc2Cl)c(C)n1. The molecule has 8 nitrogen and oxygen atoms in total. The zero-order valence-corrected chi connectivity index (χ0v) is 16.3. The minimum Gasteiger partial charge on any atom is -0.475 e. The monoisotopic (exact) mass is 398 g/mol. The van der Waals surface area contributed by atoms with Gasteiger partial charge < -0.3 is 15.4 Å². The largest absolute Gasteiger partial charge is 0.475 e. The lowest BCUT2D eigenvalue weighted by atomic mass is 10.1. The van der Waals surface area contributed by atoms with Crippen molar-refractivity contribution in [2.45, 2.75) is 20.4 Å². The van der Waals surface area contributed by atoms with Crippen LogP contribution in [-0.4, -0.2) is 38.8 Å². The first-order valence-corrected chi connectivity index (χ1v) is 9.26. The van der Waals surface area contributed by atoms with Gasteiger partial charge in [-0.15, -0.1) is 0 Å². The number of carbonyl (C=O) groups is 1. The molecular formula is C19H19ClN6O2. The summed E-state index contributed by atoms with van der Waals surface area (Å²) in [6, 6.07) is 5.52. The molecule has 0 fully saturated rings. The van der Waals surface area contributed by atoms with Crippen LogP contribution in [0.15, 0.2) is 30.7 Å². The van der Waals surface area contributed by atoms with Gasteiger partial charge in [-0.1, -0.05) is 17.7 Å². The normalized spacial score (nSPS) is 13.8.